The fraction of sp³-hybridized carbons (Fsp3) is 0.500. The molecule has 3 atom stereocenters. The molecule has 3 unspecified atom stereocenters. The van der Waals surface area contributed by atoms with Crippen LogP contribution in [-0.4, -0.2) is 9.97 Å². The first-order chi connectivity index (χ1) is 9.11. The largest absolute Gasteiger partial charge is 0.323 e. The maximum atomic E-state index is 11.3. The van der Waals surface area contributed by atoms with Crippen LogP contribution < -0.4 is 5.69 Å². The normalized spacial score (nSPS) is 30.5. The molecule has 1 aromatic carbocycles. The Morgan fingerprint density at radius 3 is 2.42 bits per heavy atom. The van der Waals surface area contributed by atoms with Gasteiger partial charge in [-0.25, -0.2) is 4.79 Å². The fourth-order valence-electron chi connectivity index (χ4n) is 3.54. The maximum Gasteiger partial charge on any atom is 0.323 e. The third-order valence-electron chi connectivity index (χ3n) is 4.62. The molecule has 0 saturated heterocycles. The van der Waals surface area contributed by atoms with Crippen LogP contribution in [0.5, 0.6) is 0 Å². The number of fused-ring (bicyclic) bond motifs is 2. The van der Waals surface area contributed by atoms with Crippen molar-refractivity contribution in [2.75, 3.05) is 0 Å². The standard InChI is InChI=1S/C14H14Br2N2O/c15-10-5-12-11(17-14(19)18-12)4-9(10)13(16)8-2-6-1-7(6)3-8/h4-8,13H,1-3H2,(H2,17,18,19). The van der Waals surface area contributed by atoms with Gasteiger partial charge in [-0.3, -0.25) is 0 Å². The Morgan fingerprint density at radius 1 is 1.11 bits per heavy atom. The topological polar surface area (TPSA) is 48.6 Å². The quantitative estimate of drug-likeness (QED) is 0.751. The lowest BCUT2D eigenvalue weighted by Crippen LogP contribution is -2.06. The lowest BCUT2D eigenvalue weighted by Gasteiger charge is -2.20. The molecular formula is C14H14Br2N2O. The Bertz CT molecular complexity index is 695. The van der Waals surface area contributed by atoms with E-state index >= 15 is 0 Å². The van der Waals surface area contributed by atoms with E-state index in [0.29, 0.717) is 4.83 Å². The van der Waals surface area contributed by atoms with E-state index in [4.69, 9.17) is 0 Å². The summed E-state index contributed by atoms with van der Waals surface area (Å²) in [4.78, 5) is 17.3. The molecular weight excluding hydrogens is 372 g/mol. The summed E-state index contributed by atoms with van der Waals surface area (Å²) in [6.45, 7) is 0. The van der Waals surface area contributed by atoms with Crippen LogP contribution in [0.4, 0.5) is 0 Å². The van der Waals surface area contributed by atoms with Crippen LogP contribution in [0.3, 0.4) is 0 Å². The molecule has 0 amide bonds. The van der Waals surface area contributed by atoms with Crippen LogP contribution in [0, 0.1) is 17.8 Å². The van der Waals surface area contributed by atoms with Crippen LogP contribution in [0.25, 0.3) is 11.0 Å². The number of alkyl halides is 1. The van der Waals surface area contributed by atoms with Gasteiger partial charge < -0.3 is 9.97 Å². The number of rotatable bonds is 2. The molecule has 2 aliphatic carbocycles. The van der Waals surface area contributed by atoms with E-state index in [-0.39, 0.29) is 5.69 Å². The molecule has 0 bridgehead atoms. The number of nitrogens with one attached hydrogen (secondary N) is 2. The van der Waals surface area contributed by atoms with Crippen molar-refractivity contribution in [3.05, 3.63) is 32.7 Å². The van der Waals surface area contributed by atoms with Crippen molar-refractivity contribution in [2.45, 2.75) is 24.1 Å². The molecule has 0 aliphatic heterocycles. The van der Waals surface area contributed by atoms with Gasteiger partial charge in [-0.1, -0.05) is 31.9 Å². The Labute approximate surface area is 127 Å². The van der Waals surface area contributed by atoms with Crippen molar-refractivity contribution in [3.8, 4) is 0 Å². The molecule has 100 valence electrons. The van der Waals surface area contributed by atoms with Crippen LogP contribution in [0.2, 0.25) is 0 Å². The first-order valence-corrected chi connectivity index (χ1v) is 8.38. The van der Waals surface area contributed by atoms with E-state index in [0.717, 1.165) is 33.3 Å². The maximum absolute atomic E-state index is 11.3. The van der Waals surface area contributed by atoms with Crippen LogP contribution in [-0.2, 0) is 0 Å². The highest BCUT2D eigenvalue weighted by Crippen LogP contribution is 2.59. The SMILES string of the molecule is O=c1[nH]c2cc(Br)c(C(Br)C3CC4CC4C3)cc2[nH]1. The van der Waals surface area contributed by atoms with Crippen LogP contribution in [0.1, 0.15) is 29.7 Å². The van der Waals surface area contributed by atoms with Gasteiger partial charge in [0.25, 0.3) is 0 Å². The third-order valence-corrected chi connectivity index (χ3v) is 6.55. The smallest absolute Gasteiger partial charge is 0.306 e. The van der Waals surface area contributed by atoms with Gasteiger partial charge in [-0.05, 0) is 54.7 Å². The second-order valence-corrected chi connectivity index (χ2v) is 7.73. The number of aromatic nitrogens is 2. The molecule has 2 aliphatic rings. The number of H-pyrrole nitrogens is 2. The minimum absolute atomic E-state index is 0.146. The highest BCUT2D eigenvalue weighted by atomic mass is 79.9. The molecule has 2 fully saturated rings. The molecule has 5 heteroatoms. The molecule has 2 N–H and O–H groups in total. The summed E-state index contributed by atoms with van der Waals surface area (Å²) in [5.41, 5.74) is 2.84. The molecule has 3 nitrogen and oxygen atoms in total. The second kappa shape index (κ2) is 4.22. The van der Waals surface area contributed by atoms with Crippen molar-refractivity contribution in [1.29, 1.82) is 0 Å². The monoisotopic (exact) mass is 384 g/mol. The van der Waals surface area contributed by atoms with Gasteiger partial charge in [0.05, 0.1) is 11.0 Å². The number of hydrogen-bond acceptors (Lipinski definition) is 1. The number of imidazole rings is 1. The Kier molecular flexibility index (Phi) is 2.71. The van der Waals surface area contributed by atoms with Gasteiger partial charge in [-0.15, -0.1) is 0 Å². The van der Waals surface area contributed by atoms with E-state index < -0.39 is 0 Å². The van der Waals surface area contributed by atoms with E-state index in [9.17, 15) is 4.79 Å². The Morgan fingerprint density at radius 2 is 1.74 bits per heavy atom. The third kappa shape index (κ3) is 2.02. The molecule has 0 spiro atoms. The zero-order valence-electron chi connectivity index (χ0n) is 10.2. The minimum atomic E-state index is -0.146. The van der Waals surface area contributed by atoms with Gasteiger partial charge in [0, 0.05) is 9.30 Å². The molecule has 2 aromatic rings. The first kappa shape index (κ1) is 12.2. The summed E-state index contributed by atoms with van der Waals surface area (Å²) in [5.74, 6) is 2.70. The predicted molar refractivity (Wildman–Crippen MR) is 82.6 cm³/mol. The highest BCUT2D eigenvalue weighted by Gasteiger charge is 2.47. The van der Waals surface area contributed by atoms with Gasteiger partial charge in [0.1, 0.15) is 0 Å². The summed E-state index contributed by atoms with van der Waals surface area (Å²) >= 11 is 7.51. The summed E-state index contributed by atoms with van der Waals surface area (Å²) in [6.07, 6.45) is 4.13. The van der Waals surface area contributed by atoms with Crippen molar-refractivity contribution in [3.63, 3.8) is 0 Å². The summed E-state index contributed by atoms with van der Waals surface area (Å²) in [5, 5.41) is 0. The summed E-state index contributed by atoms with van der Waals surface area (Å²) in [7, 11) is 0. The highest BCUT2D eigenvalue weighted by molar-refractivity contribution is 9.11. The average Bonchev–Trinajstić information content (AvgIpc) is 2.81. The minimum Gasteiger partial charge on any atom is -0.306 e. The Balaban J connectivity index is 1.72. The van der Waals surface area contributed by atoms with Gasteiger partial charge in [0.2, 0.25) is 0 Å². The lowest BCUT2D eigenvalue weighted by molar-refractivity contribution is 0.481. The van der Waals surface area contributed by atoms with Gasteiger partial charge in [-0.2, -0.15) is 0 Å². The average molecular weight is 386 g/mol. The second-order valence-electron chi connectivity index (χ2n) is 5.89. The molecule has 2 saturated carbocycles. The van der Waals surface area contributed by atoms with E-state index in [2.05, 4.69) is 47.9 Å². The number of hydrogen-bond donors (Lipinski definition) is 2. The van der Waals surface area contributed by atoms with E-state index in [1.54, 1.807) is 0 Å². The van der Waals surface area contributed by atoms with Crippen molar-refractivity contribution in [2.24, 2.45) is 17.8 Å². The van der Waals surface area contributed by atoms with Crippen LogP contribution in [0.15, 0.2) is 21.4 Å². The molecule has 4 rings (SSSR count). The van der Waals surface area contributed by atoms with E-state index in [1.165, 1.54) is 24.8 Å². The molecule has 0 radical (unpaired) electrons. The predicted octanol–water partition coefficient (Wildman–Crippen LogP) is 4.10. The summed E-state index contributed by atoms with van der Waals surface area (Å²) < 4.78 is 1.07. The van der Waals surface area contributed by atoms with Crippen molar-refractivity contribution < 1.29 is 0 Å². The summed E-state index contributed by atoms with van der Waals surface area (Å²) in [6, 6.07) is 4.08. The number of aromatic amines is 2. The van der Waals surface area contributed by atoms with Gasteiger partial charge in [0.15, 0.2) is 0 Å². The molecule has 1 heterocycles. The first-order valence-electron chi connectivity index (χ1n) is 6.67. The van der Waals surface area contributed by atoms with Crippen LogP contribution >= 0.6 is 31.9 Å². The van der Waals surface area contributed by atoms with Crippen molar-refractivity contribution in [1.82, 2.24) is 9.97 Å². The van der Waals surface area contributed by atoms with Crippen molar-refractivity contribution >= 4 is 42.9 Å². The van der Waals surface area contributed by atoms with E-state index in [1.807, 2.05) is 6.07 Å². The number of benzene rings is 1. The lowest BCUT2D eigenvalue weighted by atomic mass is 9.94. The number of halogens is 2. The Hall–Kier alpha value is -0.550. The van der Waals surface area contributed by atoms with Gasteiger partial charge >= 0.3 is 5.69 Å². The molecule has 1 aromatic heterocycles. The zero-order chi connectivity index (χ0) is 13.1. The fourth-order valence-corrected chi connectivity index (χ4v) is 5.25. The molecule has 19 heavy (non-hydrogen) atoms. The zero-order valence-corrected chi connectivity index (χ0v) is 13.4.